The number of hydrogen-bond acceptors (Lipinski definition) is 4. The maximum Gasteiger partial charge on any atom is 0.0115 e. The van der Waals surface area contributed by atoms with E-state index >= 15 is 0 Å². The van der Waals surface area contributed by atoms with Crippen LogP contribution in [0.5, 0.6) is 0 Å². The van der Waals surface area contributed by atoms with Gasteiger partial charge in [0, 0.05) is 57.9 Å². The van der Waals surface area contributed by atoms with E-state index in [0.717, 1.165) is 18.0 Å². The highest BCUT2D eigenvalue weighted by Crippen LogP contribution is 2.23. The second-order valence-electron chi connectivity index (χ2n) is 7.85. The van der Waals surface area contributed by atoms with Gasteiger partial charge in [0.05, 0.1) is 0 Å². The highest BCUT2D eigenvalue weighted by atomic mass is 15.3. The molecular weight excluding hydrogens is 272 g/mol. The van der Waals surface area contributed by atoms with E-state index in [1.165, 1.54) is 84.6 Å². The molecule has 128 valence electrons. The third-order valence-corrected chi connectivity index (χ3v) is 6.25. The number of nitrogens with one attached hydrogen (secondary N) is 1. The summed E-state index contributed by atoms with van der Waals surface area (Å²) in [6, 6.07) is 1.60. The van der Waals surface area contributed by atoms with Gasteiger partial charge >= 0.3 is 0 Å². The average Bonchev–Trinajstić information content (AvgIpc) is 2.86. The van der Waals surface area contributed by atoms with Crippen LogP contribution in [-0.4, -0.2) is 85.7 Å². The van der Waals surface area contributed by atoms with Gasteiger partial charge in [0.15, 0.2) is 0 Å². The molecule has 22 heavy (non-hydrogen) atoms. The molecule has 2 atom stereocenters. The SMILES string of the molecule is CC1CCC(C)N1CCN1CCN(CC2CCNCC2)CC1. The van der Waals surface area contributed by atoms with Crippen molar-refractivity contribution in [3.63, 3.8) is 0 Å². The third-order valence-electron chi connectivity index (χ3n) is 6.25. The van der Waals surface area contributed by atoms with Crippen molar-refractivity contribution in [3.05, 3.63) is 0 Å². The van der Waals surface area contributed by atoms with E-state index in [1.54, 1.807) is 0 Å². The van der Waals surface area contributed by atoms with Crippen LogP contribution in [0.1, 0.15) is 39.5 Å². The highest BCUT2D eigenvalue weighted by Gasteiger charge is 2.28. The van der Waals surface area contributed by atoms with Crippen molar-refractivity contribution in [2.45, 2.75) is 51.6 Å². The molecule has 0 bridgehead atoms. The van der Waals surface area contributed by atoms with Crippen molar-refractivity contribution in [3.8, 4) is 0 Å². The Morgan fingerprint density at radius 3 is 2.00 bits per heavy atom. The van der Waals surface area contributed by atoms with Crippen molar-refractivity contribution < 1.29 is 0 Å². The van der Waals surface area contributed by atoms with Crippen molar-refractivity contribution in [2.75, 3.05) is 58.9 Å². The number of piperidine rings is 1. The van der Waals surface area contributed by atoms with Crippen molar-refractivity contribution in [1.29, 1.82) is 0 Å². The molecular formula is C18H36N4. The van der Waals surface area contributed by atoms with Crippen LogP contribution in [0.4, 0.5) is 0 Å². The zero-order valence-electron chi connectivity index (χ0n) is 14.8. The Morgan fingerprint density at radius 1 is 0.773 bits per heavy atom. The normalized spacial score (nSPS) is 33.5. The fourth-order valence-electron chi connectivity index (χ4n) is 4.57. The molecule has 3 saturated heterocycles. The van der Waals surface area contributed by atoms with Crippen LogP contribution in [0.3, 0.4) is 0 Å². The molecule has 4 nitrogen and oxygen atoms in total. The van der Waals surface area contributed by atoms with E-state index in [9.17, 15) is 0 Å². The summed E-state index contributed by atoms with van der Waals surface area (Å²) in [6.07, 6.45) is 5.55. The summed E-state index contributed by atoms with van der Waals surface area (Å²) in [5.41, 5.74) is 0. The summed E-state index contributed by atoms with van der Waals surface area (Å²) in [6.45, 7) is 16.3. The van der Waals surface area contributed by atoms with Crippen LogP contribution in [-0.2, 0) is 0 Å². The quantitative estimate of drug-likeness (QED) is 0.830. The fraction of sp³-hybridized carbons (Fsp3) is 1.00. The molecule has 3 heterocycles. The molecule has 4 heteroatoms. The van der Waals surface area contributed by atoms with Gasteiger partial charge in [0.2, 0.25) is 0 Å². The van der Waals surface area contributed by atoms with Gasteiger partial charge < -0.3 is 10.2 Å². The maximum absolute atomic E-state index is 3.48. The predicted octanol–water partition coefficient (Wildman–Crippen LogP) is 1.48. The predicted molar refractivity (Wildman–Crippen MR) is 93.3 cm³/mol. The molecule has 3 aliphatic rings. The maximum atomic E-state index is 3.48. The van der Waals surface area contributed by atoms with Gasteiger partial charge in [-0.3, -0.25) is 9.80 Å². The Balaban J connectivity index is 1.33. The van der Waals surface area contributed by atoms with Crippen LogP contribution >= 0.6 is 0 Å². The number of nitrogens with zero attached hydrogens (tertiary/aromatic N) is 3. The van der Waals surface area contributed by atoms with E-state index < -0.39 is 0 Å². The van der Waals surface area contributed by atoms with E-state index in [-0.39, 0.29) is 0 Å². The molecule has 0 aromatic heterocycles. The number of hydrogen-bond donors (Lipinski definition) is 1. The van der Waals surface area contributed by atoms with Crippen LogP contribution < -0.4 is 5.32 Å². The molecule has 2 unspecified atom stereocenters. The lowest BCUT2D eigenvalue weighted by atomic mass is 9.97. The molecule has 3 rings (SSSR count). The van der Waals surface area contributed by atoms with Gasteiger partial charge in [-0.15, -0.1) is 0 Å². The first kappa shape index (κ1) is 16.7. The number of piperazine rings is 1. The molecule has 0 spiro atoms. The second-order valence-corrected chi connectivity index (χ2v) is 7.85. The first-order chi connectivity index (χ1) is 10.7. The summed E-state index contributed by atoms with van der Waals surface area (Å²) < 4.78 is 0. The molecule has 3 aliphatic heterocycles. The van der Waals surface area contributed by atoms with Gasteiger partial charge in [-0.25, -0.2) is 0 Å². The standard InChI is InChI=1S/C18H36N4/c1-16-3-4-17(2)22(16)14-13-20-9-11-21(12-10-20)15-18-5-7-19-8-6-18/h16-19H,3-15H2,1-2H3. The van der Waals surface area contributed by atoms with Gasteiger partial charge in [-0.05, 0) is 58.5 Å². The average molecular weight is 309 g/mol. The topological polar surface area (TPSA) is 21.8 Å². The third kappa shape index (κ3) is 4.44. The summed E-state index contributed by atoms with van der Waals surface area (Å²) in [5.74, 6) is 0.944. The Kier molecular flexibility index (Phi) is 6.14. The Labute approximate surface area is 137 Å². The summed E-state index contributed by atoms with van der Waals surface area (Å²) in [4.78, 5) is 8.13. The Bertz CT molecular complexity index is 311. The fourth-order valence-corrected chi connectivity index (χ4v) is 4.57. The molecule has 0 aromatic rings. The lowest BCUT2D eigenvalue weighted by Crippen LogP contribution is -2.50. The lowest BCUT2D eigenvalue weighted by Gasteiger charge is -2.38. The Morgan fingerprint density at radius 2 is 1.36 bits per heavy atom. The molecule has 3 fully saturated rings. The minimum Gasteiger partial charge on any atom is -0.317 e. The van der Waals surface area contributed by atoms with E-state index in [0.29, 0.717) is 0 Å². The van der Waals surface area contributed by atoms with E-state index in [2.05, 4.69) is 33.9 Å². The van der Waals surface area contributed by atoms with Crippen molar-refractivity contribution in [1.82, 2.24) is 20.0 Å². The van der Waals surface area contributed by atoms with Gasteiger partial charge in [-0.1, -0.05) is 0 Å². The second kappa shape index (κ2) is 8.09. The van der Waals surface area contributed by atoms with Crippen LogP contribution in [0.25, 0.3) is 0 Å². The van der Waals surface area contributed by atoms with Gasteiger partial charge in [0.25, 0.3) is 0 Å². The Hall–Kier alpha value is -0.160. The smallest absolute Gasteiger partial charge is 0.0115 e. The van der Waals surface area contributed by atoms with E-state index in [4.69, 9.17) is 0 Å². The molecule has 0 saturated carbocycles. The van der Waals surface area contributed by atoms with Crippen LogP contribution in [0.2, 0.25) is 0 Å². The largest absolute Gasteiger partial charge is 0.317 e. The first-order valence-corrected chi connectivity index (χ1v) is 9.63. The minimum atomic E-state index is 0.802. The molecule has 0 aliphatic carbocycles. The molecule has 0 amide bonds. The van der Waals surface area contributed by atoms with Crippen LogP contribution in [0, 0.1) is 5.92 Å². The first-order valence-electron chi connectivity index (χ1n) is 9.63. The number of likely N-dealkylation sites (tertiary alicyclic amines) is 1. The summed E-state index contributed by atoms with van der Waals surface area (Å²) >= 11 is 0. The number of rotatable bonds is 5. The van der Waals surface area contributed by atoms with Crippen LogP contribution in [0.15, 0.2) is 0 Å². The van der Waals surface area contributed by atoms with E-state index in [1.807, 2.05) is 0 Å². The zero-order chi connectivity index (χ0) is 15.4. The highest BCUT2D eigenvalue weighted by molar-refractivity contribution is 4.84. The lowest BCUT2D eigenvalue weighted by molar-refractivity contribution is 0.0953. The monoisotopic (exact) mass is 308 g/mol. The molecule has 1 N–H and O–H groups in total. The molecule has 0 radical (unpaired) electrons. The van der Waals surface area contributed by atoms with Gasteiger partial charge in [0.1, 0.15) is 0 Å². The minimum absolute atomic E-state index is 0.802. The van der Waals surface area contributed by atoms with Crippen molar-refractivity contribution >= 4 is 0 Å². The zero-order valence-corrected chi connectivity index (χ0v) is 14.8. The summed E-state index contributed by atoms with van der Waals surface area (Å²) in [5, 5.41) is 3.48. The summed E-state index contributed by atoms with van der Waals surface area (Å²) in [7, 11) is 0. The van der Waals surface area contributed by atoms with Gasteiger partial charge in [-0.2, -0.15) is 0 Å². The van der Waals surface area contributed by atoms with Crippen molar-refractivity contribution in [2.24, 2.45) is 5.92 Å². The molecule has 0 aromatic carbocycles.